The minimum atomic E-state index is -0.419. The van der Waals surface area contributed by atoms with Crippen molar-refractivity contribution in [2.24, 2.45) is 0 Å². The highest BCUT2D eigenvalue weighted by molar-refractivity contribution is 7.26. The van der Waals surface area contributed by atoms with Gasteiger partial charge < -0.3 is 9.31 Å². The molecule has 6 aromatic rings. The van der Waals surface area contributed by atoms with E-state index in [9.17, 15) is 0 Å². The first-order chi connectivity index (χ1) is 19.3. The van der Waals surface area contributed by atoms with Crippen LogP contribution in [0, 0.1) is 0 Å². The molecule has 0 bridgehead atoms. The first kappa shape index (κ1) is 25.3. The van der Waals surface area contributed by atoms with Gasteiger partial charge in [-0.15, -0.1) is 11.3 Å². The summed E-state index contributed by atoms with van der Waals surface area (Å²) in [6.07, 6.45) is 0. The van der Waals surface area contributed by atoms with Crippen LogP contribution in [0.4, 0.5) is 0 Å². The summed E-state index contributed by atoms with van der Waals surface area (Å²) in [5, 5.41) is 2.65. The second kappa shape index (κ2) is 9.45. The van der Waals surface area contributed by atoms with Gasteiger partial charge in [-0.25, -0.2) is 0 Å². The third-order valence-corrected chi connectivity index (χ3v) is 9.74. The molecule has 0 radical (unpaired) electrons. The molecular weight excluding hydrogens is 507 g/mol. The Labute approximate surface area is 240 Å². The van der Waals surface area contributed by atoms with Crippen LogP contribution in [0.25, 0.3) is 53.6 Å². The van der Waals surface area contributed by atoms with E-state index in [0.717, 1.165) is 16.6 Å². The van der Waals surface area contributed by atoms with Gasteiger partial charge in [0.15, 0.2) is 0 Å². The first-order valence-corrected chi connectivity index (χ1v) is 14.7. The van der Waals surface area contributed by atoms with E-state index in [2.05, 4.69) is 143 Å². The van der Waals surface area contributed by atoms with Crippen LogP contribution in [0.3, 0.4) is 0 Å². The van der Waals surface area contributed by atoms with Gasteiger partial charge in [0, 0.05) is 20.2 Å². The molecule has 1 aliphatic rings. The minimum absolute atomic E-state index is 0.393. The van der Waals surface area contributed by atoms with E-state index in [0.29, 0.717) is 0 Å². The lowest BCUT2D eigenvalue weighted by atomic mass is 9.76. The zero-order chi connectivity index (χ0) is 27.5. The predicted molar refractivity (Wildman–Crippen MR) is 171 cm³/mol. The number of benzene rings is 5. The smallest absolute Gasteiger partial charge is 0.399 e. The SMILES string of the molecule is CC1(C)OB(c2cc(-c3ccccc3)cc(-c3ccc(-c4cccc5c4sc4ccccc45)cc3)c2)OC1(C)C. The monoisotopic (exact) mass is 538 g/mol. The highest BCUT2D eigenvalue weighted by Crippen LogP contribution is 2.41. The van der Waals surface area contributed by atoms with Gasteiger partial charge in [-0.3, -0.25) is 0 Å². The number of rotatable bonds is 4. The molecule has 4 heteroatoms. The fourth-order valence-electron chi connectivity index (χ4n) is 5.55. The van der Waals surface area contributed by atoms with Crippen LogP contribution < -0.4 is 5.46 Å². The maximum atomic E-state index is 6.45. The topological polar surface area (TPSA) is 18.5 Å². The van der Waals surface area contributed by atoms with Crippen molar-refractivity contribution in [1.29, 1.82) is 0 Å². The molecule has 1 aromatic heterocycles. The second-order valence-electron chi connectivity index (χ2n) is 11.7. The van der Waals surface area contributed by atoms with Crippen molar-refractivity contribution in [2.75, 3.05) is 0 Å². The van der Waals surface area contributed by atoms with Crippen LogP contribution >= 0.6 is 11.3 Å². The Kier molecular flexibility index (Phi) is 5.97. The molecule has 40 heavy (non-hydrogen) atoms. The van der Waals surface area contributed by atoms with E-state index >= 15 is 0 Å². The summed E-state index contributed by atoms with van der Waals surface area (Å²) in [5.74, 6) is 0. The fraction of sp³-hybridized carbons (Fsp3) is 0.167. The molecule has 1 fully saturated rings. The quantitative estimate of drug-likeness (QED) is 0.208. The van der Waals surface area contributed by atoms with Gasteiger partial charge in [0.1, 0.15) is 0 Å². The van der Waals surface area contributed by atoms with Gasteiger partial charge in [0.25, 0.3) is 0 Å². The zero-order valence-electron chi connectivity index (χ0n) is 23.3. The molecule has 0 aliphatic carbocycles. The molecule has 0 spiro atoms. The summed E-state index contributed by atoms with van der Waals surface area (Å²) >= 11 is 1.87. The normalized spacial score (nSPS) is 16.1. The average molecular weight is 539 g/mol. The van der Waals surface area contributed by atoms with Gasteiger partial charge in [-0.1, -0.05) is 103 Å². The molecule has 196 valence electrons. The molecule has 7 rings (SSSR count). The molecular formula is C36H31BO2S. The standard InChI is InChI=1S/C36H31BO2S/c1-35(2)36(3,4)39-37(38-35)29-22-27(24-11-6-5-7-12-24)21-28(23-29)25-17-19-26(20-18-25)30-14-10-15-32-31-13-8-9-16-33(31)40-34(30)32/h5-23H,1-4H3. The minimum Gasteiger partial charge on any atom is -0.399 e. The lowest BCUT2D eigenvalue weighted by Crippen LogP contribution is -2.41. The van der Waals surface area contributed by atoms with Crippen molar-refractivity contribution in [1.82, 2.24) is 0 Å². The van der Waals surface area contributed by atoms with Gasteiger partial charge in [-0.05, 0) is 78.7 Å². The molecule has 0 atom stereocenters. The van der Waals surface area contributed by atoms with Crippen LogP contribution in [-0.4, -0.2) is 18.3 Å². The number of hydrogen-bond acceptors (Lipinski definition) is 3. The summed E-state index contributed by atoms with van der Waals surface area (Å²) in [6, 6.07) is 41.5. The van der Waals surface area contributed by atoms with E-state index < -0.39 is 18.3 Å². The maximum Gasteiger partial charge on any atom is 0.494 e. The number of thiophene rings is 1. The van der Waals surface area contributed by atoms with Crippen LogP contribution in [0.5, 0.6) is 0 Å². The molecule has 1 saturated heterocycles. The molecule has 0 unspecified atom stereocenters. The summed E-state index contributed by atoms with van der Waals surface area (Å²) in [7, 11) is -0.419. The van der Waals surface area contributed by atoms with Crippen molar-refractivity contribution in [3.8, 4) is 33.4 Å². The molecule has 1 aliphatic heterocycles. The van der Waals surface area contributed by atoms with E-state index in [-0.39, 0.29) is 0 Å². The van der Waals surface area contributed by atoms with Gasteiger partial charge in [-0.2, -0.15) is 0 Å². The summed E-state index contributed by atoms with van der Waals surface area (Å²) in [5.41, 5.74) is 7.41. The van der Waals surface area contributed by atoms with E-state index in [1.165, 1.54) is 42.4 Å². The van der Waals surface area contributed by atoms with Crippen LogP contribution in [0.1, 0.15) is 27.7 Å². The van der Waals surface area contributed by atoms with E-state index in [1.54, 1.807) is 0 Å². The van der Waals surface area contributed by atoms with E-state index in [1.807, 2.05) is 11.3 Å². The Hall–Kier alpha value is -3.70. The lowest BCUT2D eigenvalue weighted by Gasteiger charge is -2.32. The first-order valence-electron chi connectivity index (χ1n) is 13.9. The summed E-state index contributed by atoms with van der Waals surface area (Å²) in [4.78, 5) is 0. The Balaban J connectivity index is 1.30. The average Bonchev–Trinajstić information content (AvgIpc) is 3.46. The highest BCUT2D eigenvalue weighted by atomic mass is 32.1. The lowest BCUT2D eigenvalue weighted by molar-refractivity contribution is 0.00578. The van der Waals surface area contributed by atoms with Gasteiger partial charge in [0.05, 0.1) is 11.2 Å². The Bertz CT molecular complexity index is 1840. The predicted octanol–water partition coefficient (Wildman–Crippen LogP) is 9.35. The molecule has 2 nitrogen and oxygen atoms in total. The third kappa shape index (κ3) is 4.28. The zero-order valence-corrected chi connectivity index (χ0v) is 24.1. The van der Waals surface area contributed by atoms with Crippen LogP contribution in [0.2, 0.25) is 0 Å². The highest BCUT2D eigenvalue weighted by Gasteiger charge is 2.51. The molecule has 0 saturated carbocycles. The Morgan fingerprint density at radius 2 is 1.10 bits per heavy atom. The van der Waals surface area contributed by atoms with Crippen molar-refractivity contribution in [3.05, 3.63) is 115 Å². The molecule has 2 heterocycles. The van der Waals surface area contributed by atoms with Crippen molar-refractivity contribution < 1.29 is 9.31 Å². The molecule has 0 amide bonds. The third-order valence-electron chi connectivity index (χ3n) is 8.52. The second-order valence-corrected chi connectivity index (χ2v) is 12.7. The van der Waals surface area contributed by atoms with Crippen LogP contribution in [-0.2, 0) is 9.31 Å². The number of fused-ring (bicyclic) bond motifs is 3. The van der Waals surface area contributed by atoms with Gasteiger partial charge in [0.2, 0.25) is 0 Å². The summed E-state index contributed by atoms with van der Waals surface area (Å²) < 4.78 is 15.6. The molecule has 0 N–H and O–H groups in total. The Morgan fingerprint density at radius 1 is 0.525 bits per heavy atom. The maximum absolute atomic E-state index is 6.45. The largest absolute Gasteiger partial charge is 0.494 e. The van der Waals surface area contributed by atoms with Gasteiger partial charge >= 0.3 is 7.12 Å². The Morgan fingerprint density at radius 3 is 1.80 bits per heavy atom. The van der Waals surface area contributed by atoms with Crippen molar-refractivity contribution >= 4 is 44.1 Å². The van der Waals surface area contributed by atoms with Crippen molar-refractivity contribution in [3.63, 3.8) is 0 Å². The molecule has 5 aromatic carbocycles. The van der Waals surface area contributed by atoms with E-state index in [4.69, 9.17) is 9.31 Å². The fourth-order valence-corrected chi connectivity index (χ4v) is 6.79. The van der Waals surface area contributed by atoms with Crippen molar-refractivity contribution in [2.45, 2.75) is 38.9 Å². The van der Waals surface area contributed by atoms with Crippen LogP contribution in [0.15, 0.2) is 115 Å². The summed E-state index contributed by atoms with van der Waals surface area (Å²) in [6.45, 7) is 8.41. The number of hydrogen-bond donors (Lipinski definition) is 0.